The first-order valence-electron chi connectivity index (χ1n) is 4.45. The summed E-state index contributed by atoms with van der Waals surface area (Å²) in [5.41, 5.74) is 1.24. The monoisotopic (exact) mass is 333 g/mol. The summed E-state index contributed by atoms with van der Waals surface area (Å²) in [5, 5.41) is 8.73. The molecule has 2 rings (SSSR count). The Balaban J connectivity index is 2.71. The zero-order chi connectivity index (χ0) is 11.1. The van der Waals surface area contributed by atoms with Crippen molar-refractivity contribution in [3.63, 3.8) is 0 Å². The molecule has 0 saturated carbocycles. The molecule has 1 heterocycles. The second kappa shape index (κ2) is 3.76. The van der Waals surface area contributed by atoms with Gasteiger partial charge in [0.15, 0.2) is 9.84 Å². The largest absolute Gasteiger partial charge is 0.224 e. The van der Waals surface area contributed by atoms with E-state index in [1.165, 1.54) is 6.07 Å². The van der Waals surface area contributed by atoms with E-state index in [-0.39, 0.29) is 9.68 Å². The first kappa shape index (κ1) is 10.9. The Morgan fingerprint density at radius 2 is 2.20 bits per heavy atom. The van der Waals surface area contributed by atoms with Gasteiger partial charge in [-0.3, -0.25) is 0 Å². The van der Waals surface area contributed by atoms with Crippen LogP contribution in [0.3, 0.4) is 0 Å². The van der Waals surface area contributed by atoms with E-state index in [9.17, 15) is 8.42 Å². The molecule has 0 aromatic heterocycles. The molecule has 0 radical (unpaired) electrons. The summed E-state index contributed by atoms with van der Waals surface area (Å²) >= 11 is 2.24. The predicted octanol–water partition coefficient (Wildman–Crippen LogP) is 2.21. The van der Waals surface area contributed by atoms with Crippen LogP contribution in [0.5, 0.6) is 0 Å². The highest BCUT2D eigenvalue weighted by Gasteiger charge is 2.28. The molecule has 0 spiro atoms. The summed E-state index contributed by atoms with van der Waals surface area (Å²) in [7, 11) is -3.16. The van der Waals surface area contributed by atoms with Gasteiger partial charge in [-0.15, -0.1) is 0 Å². The van der Waals surface area contributed by atoms with E-state index in [4.69, 9.17) is 5.26 Å². The van der Waals surface area contributed by atoms with E-state index in [1.54, 1.807) is 12.1 Å². The molecule has 1 aliphatic heterocycles. The molecule has 0 saturated heterocycles. The summed E-state index contributed by atoms with van der Waals surface area (Å²) < 4.78 is 23.8. The van der Waals surface area contributed by atoms with Gasteiger partial charge in [-0.25, -0.2) is 8.42 Å². The normalized spacial score (nSPS) is 22.8. The van der Waals surface area contributed by atoms with Gasteiger partial charge >= 0.3 is 0 Å². The Bertz CT molecular complexity index is 545. The molecule has 3 nitrogen and oxygen atoms in total. The smallest absolute Gasteiger partial charge is 0.178 e. The zero-order valence-electron chi connectivity index (χ0n) is 7.77. The number of sulfone groups is 1. The lowest BCUT2D eigenvalue weighted by Gasteiger charge is -2.20. The quantitative estimate of drug-likeness (QED) is 0.540. The molecular weight excluding hydrogens is 325 g/mol. The number of hydrogen-bond acceptors (Lipinski definition) is 3. The molecule has 1 atom stereocenters. The van der Waals surface area contributed by atoms with Crippen molar-refractivity contribution in [1.82, 2.24) is 0 Å². The lowest BCUT2D eigenvalue weighted by molar-refractivity contribution is 0.586. The van der Waals surface area contributed by atoms with Crippen LogP contribution >= 0.6 is 22.6 Å². The molecule has 0 fully saturated rings. The van der Waals surface area contributed by atoms with Gasteiger partial charge in [0.1, 0.15) is 0 Å². The van der Waals surface area contributed by atoms with Gasteiger partial charge < -0.3 is 0 Å². The molecule has 0 aliphatic carbocycles. The van der Waals surface area contributed by atoms with Gasteiger partial charge in [0, 0.05) is 3.92 Å². The molecule has 1 aromatic carbocycles. The predicted molar refractivity (Wildman–Crippen MR) is 64.6 cm³/mol. The van der Waals surface area contributed by atoms with Gasteiger partial charge in [0.25, 0.3) is 0 Å². The van der Waals surface area contributed by atoms with E-state index in [0.717, 1.165) is 5.56 Å². The number of fused-ring (bicyclic) bond motifs is 1. The van der Waals surface area contributed by atoms with Crippen molar-refractivity contribution in [2.75, 3.05) is 5.75 Å². The first-order valence-corrected chi connectivity index (χ1v) is 7.35. The molecule has 1 aromatic rings. The fourth-order valence-corrected chi connectivity index (χ4v) is 4.79. The maximum Gasteiger partial charge on any atom is 0.178 e. The molecule has 0 N–H and O–H groups in total. The summed E-state index contributed by atoms with van der Waals surface area (Å²) in [6, 6.07) is 6.87. The third kappa shape index (κ3) is 1.88. The molecule has 15 heavy (non-hydrogen) atoms. The summed E-state index contributed by atoms with van der Waals surface area (Å²) in [4.78, 5) is 0.340. The Kier molecular flexibility index (Phi) is 2.73. The van der Waals surface area contributed by atoms with Gasteiger partial charge in [-0.2, -0.15) is 5.26 Å². The maximum atomic E-state index is 11.8. The van der Waals surface area contributed by atoms with Crippen LogP contribution in [0.2, 0.25) is 0 Å². The second-order valence-electron chi connectivity index (χ2n) is 3.44. The Morgan fingerprint density at radius 1 is 1.47 bits per heavy atom. The third-order valence-electron chi connectivity index (χ3n) is 2.46. The van der Waals surface area contributed by atoms with Crippen LogP contribution in [0.4, 0.5) is 0 Å². The van der Waals surface area contributed by atoms with E-state index < -0.39 is 9.84 Å². The fraction of sp³-hybridized carbons (Fsp3) is 0.300. The highest BCUT2D eigenvalue weighted by molar-refractivity contribution is 14.1. The van der Waals surface area contributed by atoms with Crippen LogP contribution in [0.25, 0.3) is 0 Å². The first-order chi connectivity index (χ1) is 7.04. The number of halogens is 1. The van der Waals surface area contributed by atoms with Crippen molar-refractivity contribution in [2.45, 2.75) is 15.2 Å². The third-order valence-corrected chi connectivity index (χ3v) is 5.55. The number of nitriles is 1. The van der Waals surface area contributed by atoms with Gasteiger partial charge in [-0.05, 0) is 24.1 Å². The van der Waals surface area contributed by atoms with Crippen molar-refractivity contribution in [3.05, 3.63) is 29.3 Å². The van der Waals surface area contributed by atoms with Crippen molar-refractivity contribution in [3.8, 4) is 6.07 Å². The van der Waals surface area contributed by atoms with E-state index in [0.29, 0.717) is 16.9 Å². The van der Waals surface area contributed by atoms with E-state index in [1.807, 2.05) is 6.07 Å². The lowest BCUT2D eigenvalue weighted by atomic mass is 10.1. The zero-order valence-corrected chi connectivity index (χ0v) is 10.7. The molecule has 5 heteroatoms. The summed E-state index contributed by atoms with van der Waals surface area (Å²) in [6.45, 7) is 0. The minimum absolute atomic E-state index is 0.183. The Hall–Kier alpha value is -0.610. The van der Waals surface area contributed by atoms with Crippen molar-refractivity contribution in [2.24, 2.45) is 0 Å². The average Bonchev–Trinajstić information content (AvgIpc) is 2.24. The van der Waals surface area contributed by atoms with Crippen LogP contribution in [0.1, 0.15) is 21.5 Å². The number of benzene rings is 1. The standard InChI is InChI=1S/C10H8INO2S/c11-9-3-4-15(13,14)10-5-7(6-12)1-2-8(9)10/h1-2,5,9H,3-4H2. The Labute approximate surface area is 102 Å². The molecule has 78 valence electrons. The van der Waals surface area contributed by atoms with E-state index >= 15 is 0 Å². The number of alkyl halides is 1. The highest BCUT2D eigenvalue weighted by atomic mass is 127. The topological polar surface area (TPSA) is 57.9 Å². The molecular formula is C10H8INO2S. The van der Waals surface area contributed by atoms with Crippen LogP contribution in [-0.2, 0) is 9.84 Å². The van der Waals surface area contributed by atoms with Crippen LogP contribution in [0.15, 0.2) is 23.1 Å². The Morgan fingerprint density at radius 3 is 2.87 bits per heavy atom. The summed E-state index contributed by atoms with van der Waals surface area (Å²) in [6.07, 6.45) is 0.655. The van der Waals surface area contributed by atoms with Crippen molar-refractivity contribution in [1.29, 1.82) is 5.26 Å². The molecule has 0 bridgehead atoms. The van der Waals surface area contributed by atoms with Crippen molar-refractivity contribution < 1.29 is 8.42 Å². The summed E-state index contributed by atoms with van der Waals surface area (Å²) in [5.74, 6) is 0.183. The van der Waals surface area contributed by atoms with Crippen LogP contribution in [0, 0.1) is 11.3 Å². The van der Waals surface area contributed by atoms with Crippen LogP contribution in [-0.4, -0.2) is 14.2 Å². The molecule has 0 amide bonds. The second-order valence-corrected chi connectivity index (χ2v) is 7.02. The van der Waals surface area contributed by atoms with Gasteiger partial charge in [0.2, 0.25) is 0 Å². The maximum absolute atomic E-state index is 11.8. The number of rotatable bonds is 0. The number of nitrogens with zero attached hydrogens (tertiary/aromatic N) is 1. The van der Waals surface area contributed by atoms with E-state index in [2.05, 4.69) is 22.6 Å². The van der Waals surface area contributed by atoms with Gasteiger partial charge in [-0.1, -0.05) is 28.7 Å². The molecule has 1 aliphatic rings. The number of hydrogen-bond donors (Lipinski definition) is 0. The minimum Gasteiger partial charge on any atom is -0.224 e. The highest BCUT2D eigenvalue weighted by Crippen LogP contribution is 2.38. The van der Waals surface area contributed by atoms with Crippen molar-refractivity contribution >= 4 is 32.4 Å². The SMILES string of the molecule is N#Cc1ccc2c(c1)S(=O)(=O)CCC2I. The van der Waals surface area contributed by atoms with Gasteiger partial charge in [0.05, 0.1) is 22.3 Å². The minimum atomic E-state index is -3.16. The average molecular weight is 333 g/mol. The molecule has 1 unspecified atom stereocenters. The van der Waals surface area contributed by atoms with Crippen LogP contribution < -0.4 is 0 Å². The fourth-order valence-electron chi connectivity index (χ4n) is 1.66. The lowest BCUT2D eigenvalue weighted by Crippen LogP contribution is -2.17.